The lowest BCUT2D eigenvalue weighted by atomic mass is 10.2. The van der Waals surface area contributed by atoms with Crippen LogP contribution < -0.4 is 15.1 Å². The van der Waals surface area contributed by atoms with Gasteiger partial charge >= 0.3 is 6.09 Å². The molecule has 32 heavy (non-hydrogen) atoms. The number of halogens is 1. The van der Waals surface area contributed by atoms with Crippen molar-refractivity contribution < 1.29 is 18.7 Å². The van der Waals surface area contributed by atoms with Crippen molar-refractivity contribution in [2.75, 3.05) is 36.0 Å². The van der Waals surface area contributed by atoms with E-state index in [9.17, 15) is 9.59 Å². The summed E-state index contributed by atoms with van der Waals surface area (Å²) in [6.45, 7) is 3.19. The first kappa shape index (κ1) is 20.2. The maximum absolute atomic E-state index is 15.0. The highest BCUT2D eigenvalue weighted by Gasteiger charge is 2.33. The lowest BCUT2D eigenvalue weighted by molar-refractivity contribution is -0.119. The monoisotopic (exact) mass is 438 g/mol. The summed E-state index contributed by atoms with van der Waals surface area (Å²) < 4.78 is 22.2. The molecule has 1 aromatic heterocycles. The molecule has 2 fully saturated rings. The summed E-state index contributed by atoms with van der Waals surface area (Å²) in [5, 5.41) is 11.1. The van der Waals surface area contributed by atoms with Gasteiger partial charge in [-0.3, -0.25) is 9.69 Å². The minimum atomic E-state index is -0.549. The van der Waals surface area contributed by atoms with Crippen LogP contribution in [0.25, 0.3) is 11.0 Å². The molecule has 5 rings (SSSR count). The molecule has 166 valence electrons. The second-order valence-corrected chi connectivity index (χ2v) is 8.10. The minimum Gasteiger partial charge on any atom is -0.442 e. The van der Waals surface area contributed by atoms with Crippen molar-refractivity contribution in [2.45, 2.75) is 25.5 Å². The second-order valence-electron chi connectivity index (χ2n) is 8.10. The van der Waals surface area contributed by atoms with E-state index in [0.29, 0.717) is 24.5 Å². The molecular weight excluding hydrogens is 415 g/mol. The molecule has 0 bridgehead atoms. The number of hydrogen-bond acceptors (Lipinski definition) is 6. The van der Waals surface area contributed by atoms with Crippen LogP contribution in [0.4, 0.5) is 20.6 Å². The first-order valence-corrected chi connectivity index (χ1v) is 10.6. The molecule has 0 radical (unpaired) electrons. The summed E-state index contributed by atoms with van der Waals surface area (Å²) >= 11 is 0. The van der Waals surface area contributed by atoms with E-state index in [1.54, 1.807) is 12.1 Å². The van der Waals surface area contributed by atoms with Crippen LogP contribution in [0, 0.1) is 5.82 Å². The molecule has 1 N–H and O–H groups in total. The minimum absolute atomic E-state index is 0.101. The van der Waals surface area contributed by atoms with Crippen molar-refractivity contribution in [3.63, 3.8) is 0 Å². The van der Waals surface area contributed by atoms with Gasteiger partial charge in [-0.05, 0) is 36.8 Å². The third-order valence-electron chi connectivity index (χ3n) is 5.92. The van der Waals surface area contributed by atoms with Gasteiger partial charge in [0.25, 0.3) is 0 Å². The number of rotatable bonds is 5. The van der Waals surface area contributed by atoms with Gasteiger partial charge in [0.15, 0.2) is 0 Å². The van der Waals surface area contributed by atoms with Gasteiger partial charge in [-0.15, -0.1) is 5.10 Å². The molecule has 2 aromatic carbocycles. The van der Waals surface area contributed by atoms with E-state index in [1.807, 2.05) is 33.8 Å². The summed E-state index contributed by atoms with van der Waals surface area (Å²) in [6, 6.07) is 12.7. The SMILES string of the molecule is CC(=O)NC[C@H]1CN(c2ccc(N3CC[C@H](n4nnc5ccccc54)C3)c(F)c2)C(=O)O1. The lowest BCUT2D eigenvalue weighted by Gasteiger charge is -2.21. The van der Waals surface area contributed by atoms with Crippen LogP contribution in [-0.4, -0.2) is 59.3 Å². The molecule has 2 amide bonds. The molecule has 10 heteroatoms. The number of anilines is 2. The highest BCUT2D eigenvalue weighted by Crippen LogP contribution is 2.33. The van der Waals surface area contributed by atoms with Crippen LogP contribution in [0.15, 0.2) is 42.5 Å². The summed E-state index contributed by atoms with van der Waals surface area (Å²) in [5.41, 5.74) is 2.73. The van der Waals surface area contributed by atoms with E-state index >= 15 is 4.39 Å². The fraction of sp³-hybridized carbons (Fsp3) is 0.364. The number of para-hydroxylation sites is 1. The van der Waals surface area contributed by atoms with Crippen LogP contribution in [-0.2, 0) is 9.53 Å². The van der Waals surface area contributed by atoms with Crippen molar-refractivity contribution in [3.8, 4) is 0 Å². The highest BCUT2D eigenvalue weighted by molar-refractivity contribution is 5.90. The van der Waals surface area contributed by atoms with Gasteiger partial charge in [0.2, 0.25) is 5.91 Å². The van der Waals surface area contributed by atoms with Crippen LogP contribution in [0.2, 0.25) is 0 Å². The van der Waals surface area contributed by atoms with Gasteiger partial charge < -0.3 is 15.0 Å². The van der Waals surface area contributed by atoms with Crippen molar-refractivity contribution in [1.82, 2.24) is 20.3 Å². The van der Waals surface area contributed by atoms with Gasteiger partial charge in [-0.1, -0.05) is 17.3 Å². The first-order chi connectivity index (χ1) is 15.5. The molecule has 3 heterocycles. The van der Waals surface area contributed by atoms with E-state index in [1.165, 1.54) is 17.9 Å². The third-order valence-corrected chi connectivity index (χ3v) is 5.92. The summed E-state index contributed by atoms with van der Waals surface area (Å²) in [4.78, 5) is 26.7. The molecule has 0 saturated carbocycles. The average molecular weight is 438 g/mol. The number of benzene rings is 2. The largest absolute Gasteiger partial charge is 0.442 e. The van der Waals surface area contributed by atoms with E-state index in [-0.39, 0.29) is 25.0 Å². The zero-order valence-electron chi connectivity index (χ0n) is 17.6. The van der Waals surface area contributed by atoms with Gasteiger partial charge in [0, 0.05) is 20.0 Å². The molecule has 9 nitrogen and oxygen atoms in total. The number of nitrogens with one attached hydrogen (secondary N) is 1. The second kappa shape index (κ2) is 8.10. The Labute approximate surface area is 183 Å². The van der Waals surface area contributed by atoms with Crippen LogP contribution >= 0.6 is 0 Å². The number of amides is 2. The normalized spacial score (nSPS) is 20.8. The van der Waals surface area contributed by atoms with E-state index in [2.05, 4.69) is 15.6 Å². The third kappa shape index (κ3) is 3.72. The zero-order chi connectivity index (χ0) is 22.2. The average Bonchev–Trinajstić information content (AvgIpc) is 3.50. The Bertz CT molecular complexity index is 1180. The van der Waals surface area contributed by atoms with Crippen molar-refractivity contribution in [2.24, 2.45) is 0 Å². The number of carbonyl (C=O) groups excluding carboxylic acids is 2. The number of hydrogen-bond donors (Lipinski definition) is 1. The van der Waals surface area contributed by atoms with Crippen molar-refractivity contribution in [1.29, 1.82) is 0 Å². The van der Waals surface area contributed by atoms with Gasteiger partial charge in [0.1, 0.15) is 17.4 Å². The van der Waals surface area contributed by atoms with Crippen LogP contribution in [0.5, 0.6) is 0 Å². The van der Waals surface area contributed by atoms with Crippen molar-refractivity contribution >= 4 is 34.4 Å². The van der Waals surface area contributed by atoms with E-state index in [0.717, 1.165) is 17.5 Å². The topological polar surface area (TPSA) is 92.6 Å². The van der Waals surface area contributed by atoms with E-state index < -0.39 is 18.0 Å². The lowest BCUT2D eigenvalue weighted by Crippen LogP contribution is -2.33. The number of fused-ring (bicyclic) bond motifs is 1. The van der Waals surface area contributed by atoms with Crippen LogP contribution in [0.3, 0.4) is 0 Å². The van der Waals surface area contributed by atoms with E-state index in [4.69, 9.17) is 4.74 Å². The molecule has 2 atom stereocenters. The Morgan fingerprint density at radius 3 is 2.91 bits per heavy atom. The molecule has 0 spiro atoms. The Hall–Kier alpha value is -3.69. The summed E-state index contributed by atoms with van der Waals surface area (Å²) in [5.74, 6) is -0.595. The van der Waals surface area contributed by atoms with Gasteiger partial charge in [-0.25, -0.2) is 13.9 Å². The predicted octanol–water partition coefficient (Wildman–Crippen LogP) is 2.48. The molecule has 0 unspecified atom stereocenters. The number of carbonyl (C=O) groups is 2. The number of ether oxygens (including phenoxy) is 1. The number of aromatic nitrogens is 3. The highest BCUT2D eigenvalue weighted by atomic mass is 19.1. The van der Waals surface area contributed by atoms with Crippen molar-refractivity contribution in [3.05, 3.63) is 48.3 Å². The van der Waals surface area contributed by atoms with Gasteiger partial charge in [0.05, 0.1) is 36.0 Å². The first-order valence-electron chi connectivity index (χ1n) is 10.6. The quantitative estimate of drug-likeness (QED) is 0.658. The molecule has 3 aromatic rings. The fourth-order valence-corrected chi connectivity index (χ4v) is 4.33. The molecule has 2 saturated heterocycles. The molecule has 2 aliphatic heterocycles. The maximum Gasteiger partial charge on any atom is 0.414 e. The Balaban J connectivity index is 1.29. The van der Waals surface area contributed by atoms with Gasteiger partial charge in [-0.2, -0.15) is 0 Å². The fourth-order valence-electron chi connectivity index (χ4n) is 4.33. The standard InChI is InChI=1S/C22H23FN6O3/c1-14(30)24-11-17-13-28(22(31)32-17)15-6-7-20(18(23)10-15)27-9-8-16(12-27)29-21-5-3-2-4-19(21)25-26-29/h2-7,10,16-17H,8-9,11-13H2,1H3,(H,24,30)/t16-,17-/m0/s1. The zero-order valence-corrected chi connectivity index (χ0v) is 17.6. The number of nitrogens with zero attached hydrogens (tertiary/aromatic N) is 5. The maximum atomic E-state index is 15.0. The molecular formula is C22H23FN6O3. The Kier molecular flexibility index (Phi) is 5.12. The smallest absolute Gasteiger partial charge is 0.414 e. The van der Waals surface area contributed by atoms with Crippen LogP contribution in [0.1, 0.15) is 19.4 Å². The summed E-state index contributed by atoms with van der Waals surface area (Å²) in [7, 11) is 0. The molecule has 2 aliphatic rings. The predicted molar refractivity (Wildman–Crippen MR) is 116 cm³/mol. The Morgan fingerprint density at radius 2 is 2.09 bits per heavy atom. The molecule has 0 aliphatic carbocycles. The Morgan fingerprint density at radius 1 is 1.25 bits per heavy atom. The number of cyclic esters (lactones) is 1. The summed E-state index contributed by atoms with van der Waals surface area (Å²) in [6.07, 6.45) is -0.185.